The van der Waals surface area contributed by atoms with Crippen molar-refractivity contribution < 1.29 is 13.2 Å². The number of benzene rings is 1. The summed E-state index contributed by atoms with van der Waals surface area (Å²) in [5.74, 6) is -0.952. The van der Waals surface area contributed by atoms with Gasteiger partial charge in [0.1, 0.15) is 5.75 Å². The molecule has 0 fully saturated rings. The van der Waals surface area contributed by atoms with Gasteiger partial charge in [-0.15, -0.1) is 0 Å². The summed E-state index contributed by atoms with van der Waals surface area (Å²) in [6, 6.07) is 6.99. The molecule has 1 amide bonds. The number of halogens is 1. The van der Waals surface area contributed by atoms with Crippen LogP contribution in [-0.4, -0.2) is 39.1 Å². The Bertz CT molecular complexity index is 602. The van der Waals surface area contributed by atoms with E-state index in [1.807, 2.05) is 32.0 Å². The SMILES string of the molecule is CNS(=O)(=O)CC(=O)N(C)C(c1ccccc1Cl)C(C)C. The molecule has 0 heterocycles. The molecule has 7 heteroatoms. The average Bonchev–Trinajstić information content (AvgIpc) is 2.40. The average molecular weight is 333 g/mol. The van der Waals surface area contributed by atoms with Crippen LogP contribution in [0.4, 0.5) is 0 Å². The van der Waals surface area contributed by atoms with Crippen LogP contribution in [0.3, 0.4) is 0 Å². The van der Waals surface area contributed by atoms with Gasteiger partial charge in [-0.3, -0.25) is 4.79 Å². The van der Waals surface area contributed by atoms with Crippen LogP contribution < -0.4 is 4.72 Å². The van der Waals surface area contributed by atoms with Gasteiger partial charge in [-0.05, 0) is 24.6 Å². The van der Waals surface area contributed by atoms with Crippen LogP contribution in [0.1, 0.15) is 25.5 Å². The van der Waals surface area contributed by atoms with E-state index in [4.69, 9.17) is 11.6 Å². The van der Waals surface area contributed by atoms with Gasteiger partial charge in [-0.1, -0.05) is 43.6 Å². The number of nitrogens with one attached hydrogen (secondary N) is 1. The molecule has 1 aromatic carbocycles. The van der Waals surface area contributed by atoms with Gasteiger partial charge in [-0.2, -0.15) is 0 Å². The lowest BCUT2D eigenvalue weighted by molar-refractivity contribution is -0.130. The molecule has 1 N–H and O–H groups in total. The number of carbonyl (C=O) groups is 1. The molecule has 1 rings (SSSR count). The van der Waals surface area contributed by atoms with E-state index >= 15 is 0 Å². The topological polar surface area (TPSA) is 66.5 Å². The van der Waals surface area contributed by atoms with Crippen molar-refractivity contribution in [3.05, 3.63) is 34.9 Å². The first-order chi connectivity index (χ1) is 9.69. The third-order valence-electron chi connectivity index (χ3n) is 3.29. The highest BCUT2D eigenvalue weighted by molar-refractivity contribution is 7.90. The first kappa shape index (κ1) is 17.9. The monoisotopic (exact) mass is 332 g/mol. The van der Waals surface area contributed by atoms with Crippen molar-refractivity contribution >= 4 is 27.5 Å². The summed E-state index contributed by atoms with van der Waals surface area (Å²) >= 11 is 6.20. The zero-order chi connectivity index (χ0) is 16.2. The highest BCUT2D eigenvalue weighted by Gasteiger charge is 2.28. The maximum atomic E-state index is 12.2. The van der Waals surface area contributed by atoms with E-state index in [0.717, 1.165) is 5.56 Å². The third kappa shape index (κ3) is 4.69. The summed E-state index contributed by atoms with van der Waals surface area (Å²) in [7, 11) is -0.702. The first-order valence-electron chi connectivity index (χ1n) is 6.61. The Balaban J connectivity index is 3.07. The van der Waals surface area contributed by atoms with Crippen molar-refractivity contribution in [1.29, 1.82) is 0 Å². The van der Waals surface area contributed by atoms with Gasteiger partial charge in [0.05, 0.1) is 6.04 Å². The molecule has 1 atom stereocenters. The lowest BCUT2D eigenvalue weighted by Gasteiger charge is -2.32. The lowest BCUT2D eigenvalue weighted by Crippen LogP contribution is -2.40. The molecule has 0 aliphatic rings. The van der Waals surface area contributed by atoms with Crippen LogP contribution in [0, 0.1) is 5.92 Å². The number of rotatable bonds is 6. The fourth-order valence-corrected chi connectivity index (χ4v) is 3.14. The van der Waals surface area contributed by atoms with E-state index in [0.29, 0.717) is 5.02 Å². The minimum absolute atomic E-state index is 0.0936. The minimum atomic E-state index is -3.59. The molecule has 0 radical (unpaired) electrons. The van der Waals surface area contributed by atoms with Gasteiger partial charge in [0.15, 0.2) is 0 Å². The van der Waals surface area contributed by atoms with E-state index in [2.05, 4.69) is 4.72 Å². The second-order valence-corrected chi connectivity index (χ2v) is 7.51. The Hall–Kier alpha value is -1.11. The molecule has 5 nitrogen and oxygen atoms in total. The van der Waals surface area contributed by atoms with Gasteiger partial charge in [0.2, 0.25) is 15.9 Å². The maximum absolute atomic E-state index is 12.2. The van der Waals surface area contributed by atoms with E-state index in [-0.39, 0.29) is 12.0 Å². The van der Waals surface area contributed by atoms with Gasteiger partial charge in [-0.25, -0.2) is 13.1 Å². The molecule has 0 aromatic heterocycles. The molecular formula is C14H21ClN2O3S. The summed E-state index contributed by atoms with van der Waals surface area (Å²) in [6.07, 6.45) is 0. The molecule has 0 saturated carbocycles. The molecule has 21 heavy (non-hydrogen) atoms. The Morgan fingerprint density at radius 3 is 2.38 bits per heavy atom. The molecule has 118 valence electrons. The lowest BCUT2D eigenvalue weighted by atomic mass is 9.94. The van der Waals surface area contributed by atoms with E-state index < -0.39 is 21.7 Å². The smallest absolute Gasteiger partial charge is 0.239 e. The number of sulfonamides is 1. The molecule has 0 aliphatic heterocycles. The number of hydrogen-bond acceptors (Lipinski definition) is 3. The van der Waals surface area contributed by atoms with Crippen LogP contribution in [0.2, 0.25) is 5.02 Å². The Kier molecular flexibility index (Phi) is 6.19. The quantitative estimate of drug-likeness (QED) is 0.867. The Labute approximate surface area is 131 Å². The largest absolute Gasteiger partial charge is 0.337 e. The highest BCUT2D eigenvalue weighted by atomic mass is 35.5. The van der Waals surface area contributed by atoms with E-state index in [1.54, 1.807) is 13.1 Å². The third-order valence-corrected chi connectivity index (χ3v) is 4.88. The van der Waals surface area contributed by atoms with Crippen molar-refractivity contribution in [3.63, 3.8) is 0 Å². The minimum Gasteiger partial charge on any atom is -0.337 e. The molecule has 0 bridgehead atoms. The zero-order valence-electron chi connectivity index (χ0n) is 12.6. The van der Waals surface area contributed by atoms with Crippen LogP contribution in [0.25, 0.3) is 0 Å². The van der Waals surface area contributed by atoms with Crippen LogP contribution in [0.5, 0.6) is 0 Å². The van der Waals surface area contributed by atoms with Gasteiger partial charge < -0.3 is 4.90 Å². The number of hydrogen-bond donors (Lipinski definition) is 1. The fraction of sp³-hybridized carbons (Fsp3) is 0.500. The summed E-state index contributed by atoms with van der Waals surface area (Å²) in [4.78, 5) is 13.7. The van der Waals surface area contributed by atoms with Crippen LogP contribution in [-0.2, 0) is 14.8 Å². The zero-order valence-corrected chi connectivity index (χ0v) is 14.2. The molecule has 0 aliphatic carbocycles. The van der Waals surface area contributed by atoms with Crippen LogP contribution in [0.15, 0.2) is 24.3 Å². The van der Waals surface area contributed by atoms with Crippen molar-refractivity contribution in [3.8, 4) is 0 Å². The molecule has 1 unspecified atom stereocenters. The summed E-state index contributed by atoms with van der Waals surface area (Å²) in [6.45, 7) is 3.93. The Morgan fingerprint density at radius 2 is 1.90 bits per heavy atom. The maximum Gasteiger partial charge on any atom is 0.239 e. The predicted octanol–water partition coefficient (Wildman–Crippen LogP) is 2.04. The summed E-state index contributed by atoms with van der Waals surface area (Å²) in [5.41, 5.74) is 0.812. The highest BCUT2D eigenvalue weighted by Crippen LogP contribution is 2.32. The fourth-order valence-electron chi connectivity index (χ4n) is 2.22. The van der Waals surface area contributed by atoms with E-state index in [1.165, 1.54) is 11.9 Å². The standard InChI is InChI=1S/C14H21ClN2O3S/c1-10(2)14(11-7-5-6-8-12(11)15)17(4)13(18)9-21(19,20)16-3/h5-8,10,14,16H,9H2,1-4H3. The molecule has 0 spiro atoms. The molecule has 0 saturated heterocycles. The molecular weight excluding hydrogens is 312 g/mol. The van der Waals surface area contributed by atoms with Gasteiger partial charge >= 0.3 is 0 Å². The van der Waals surface area contributed by atoms with Crippen molar-refractivity contribution in [2.45, 2.75) is 19.9 Å². The van der Waals surface area contributed by atoms with Gasteiger partial charge in [0, 0.05) is 12.1 Å². The van der Waals surface area contributed by atoms with Crippen molar-refractivity contribution in [2.75, 3.05) is 19.8 Å². The van der Waals surface area contributed by atoms with Crippen LogP contribution >= 0.6 is 11.6 Å². The van der Waals surface area contributed by atoms with Crippen molar-refractivity contribution in [1.82, 2.24) is 9.62 Å². The predicted molar refractivity (Wildman–Crippen MR) is 84.6 cm³/mol. The summed E-state index contributed by atoms with van der Waals surface area (Å²) in [5, 5.41) is 0.562. The second-order valence-electron chi connectivity index (χ2n) is 5.18. The summed E-state index contributed by atoms with van der Waals surface area (Å²) < 4.78 is 25.2. The van der Waals surface area contributed by atoms with Crippen molar-refractivity contribution in [2.24, 2.45) is 5.92 Å². The number of amides is 1. The number of nitrogens with zero attached hydrogens (tertiary/aromatic N) is 1. The molecule has 1 aromatic rings. The van der Waals surface area contributed by atoms with E-state index in [9.17, 15) is 13.2 Å². The first-order valence-corrected chi connectivity index (χ1v) is 8.64. The van der Waals surface area contributed by atoms with Gasteiger partial charge in [0.25, 0.3) is 0 Å². The Morgan fingerprint density at radius 1 is 1.33 bits per heavy atom. The second kappa shape index (κ2) is 7.24. The number of carbonyl (C=O) groups excluding carboxylic acids is 1. The normalized spacial score (nSPS) is 13.2.